The standard InChI is InChI=1S/C14H20F3NO2/c1-3-13(19,4-2)10-18-9-11-7-5-6-8-12(11)20-14(15,16)17/h5-8,18-19H,3-4,9-10H2,1-2H3. The molecular formula is C14H20F3NO2. The molecule has 0 fully saturated rings. The third-order valence-corrected chi connectivity index (χ3v) is 3.28. The molecule has 0 saturated carbocycles. The molecule has 0 aliphatic rings. The summed E-state index contributed by atoms with van der Waals surface area (Å²) in [6, 6.07) is 5.96. The Bertz CT molecular complexity index is 417. The number of para-hydroxylation sites is 1. The van der Waals surface area contributed by atoms with Gasteiger partial charge < -0.3 is 15.2 Å². The Kier molecular flexibility index (Phi) is 5.83. The number of ether oxygens (including phenoxy) is 1. The lowest BCUT2D eigenvalue weighted by atomic mass is 9.97. The second kappa shape index (κ2) is 6.95. The summed E-state index contributed by atoms with van der Waals surface area (Å²) in [7, 11) is 0. The van der Waals surface area contributed by atoms with Gasteiger partial charge in [-0.15, -0.1) is 13.2 Å². The van der Waals surface area contributed by atoms with Gasteiger partial charge in [-0.05, 0) is 18.9 Å². The second-order valence-electron chi connectivity index (χ2n) is 4.69. The highest BCUT2D eigenvalue weighted by Gasteiger charge is 2.32. The van der Waals surface area contributed by atoms with Gasteiger partial charge in [-0.2, -0.15) is 0 Å². The second-order valence-corrected chi connectivity index (χ2v) is 4.69. The largest absolute Gasteiger partial charge is 0.573 e. The molecule has 0 aliphatic carbocycles. The highest BCUT2D eigenvalue weighted by Crippen LogP contribution is 2.26. The highest BCUT2D eigenvalue weighted by molar-refractivity contribution is 5.33. The van der Waals surface area contributed by atoms with Crippen molar-refractivity contribution in [1.82, 2.24) is 5.32 Å². The summed E-state index contributed by atoms with van der Waals surface area (Å²) in [6.45, 7) is 4.26. The van der Waals surface area contributed by atoms with E-state index in [9.17, 15) is 18.3 Å². The summed E-state index contributed by atoms with van der Waals surface area (Å²) in [5.74, 6) is -0.218. The van der Waals surface area contributed by atoms with Gasteiger partial charge in [0.2, 0.25) is 0 Å². The molecule has 1 aromatic carbocycles. The van der Waals surface area contributed by atoms with Crippen molar-refractivity contribution in [3.8, 4) is 5.75 Å². The van der Waals surface area contributed by atoms with Gasteiger partial charge in [-0.25, -0.2) is 0 Å². The Morgan fingerprint density at radius 3 is 2.30 bits per heavy atom. The van der Waals surface area contributed by atoms with Crippen molar-refractivity contribution in [3.05, 3.63) is 29.8 Å². The molecule has 3 nitrogen and oxygen atoms in total. The fraction of sp³-hybridized carbons (Fsp3) is 0.571. The average molecular weight is 291 g/mol. The van der Waals surface area contributed by atoms with E-state index in [1.54, 1.807) is 12.1 Å². The maximum atomic E-state index is 12.3. The van der Waals surface area contributed by atoms with E-state index >= 15 is 0 Å². The zero-order valence-corrected chi connectivity index (χ0v) is 11.6. The summed E-state index contributed by atoms with van der Waals surface area (Å²) >= 11 is 0. The van der Waals surface area contributed by atoms with Gasteiger partial charge in [0, 0.05) is 18.7 Å². The summed E-state index contributed by atoms with van der Waals surface area (Å²) in [5.41, 5.74) is -0.431. The molecular weight excluding hydrogens is 271 g/mol. The van der Waals surface area contributed by atoms with Gasteiger partial charge in [0.05, 0.1) is 5.60 Å². The van der Waals surface area contributed by atoms with Crippen molar-refractivity contribution in [1.29, 1.82) is 0 Å². The van der Waals surface area contributed by atoms with Gasteiger partial charge in [0.25, 0.3) is 0 Å². The fourth-order valence-electron chi connectivity index (χ4n) is 1.80. The average Bonchev–Trinajstić information content (AvgIpc) is 2.39. The first kappa shape index (κ1) is 16.8. The monoisotopic (exact) mass is 291 g/mol. The van der Waals surface area contributed by atoms with Crippen LogP contribution < -0.4 is 10.1 Å². The summed E-state index contributed by atoms with van der Waals surface area (Å²) in [6.07, 6.45) is -3.54. The maximum Gasteiger partial charge on any atom is 0.573 e. The molecule has 2 N–H and O–H groups in total. The third-order valence-electron chi connectivity index (χ3n) is 3.28. The van der Waals surface area contributed by atoms with Crippen LogP contribution in [0.2, 0.25) is 0 Å². The normalized spacial score (nSPS) is 12.5. The SMILES string of the molecule is CCC(O)(CC)CNCc1ccccc1OC(F)(F)F. The molecule has 0 spiro atoms. The first-order valence-corrected chi connectivity index (χ1v) is 6.56. The van der Waals surface area contributed by atoms with Crippen LogP contribution in [-0.2, 0) is 6.54 Å². The van der Waals surface area contributed by atoms with E-state index in [1.807, 2.05) is 13.8 Å². The van der Waals surface area contributed by atoms with Crippen LogP contribution in [-0.4, -0.2) is 23.6 Å². The Balaban J connectivity index is 2.64. The van der Waals surface area contributed by atoms with E-state index in [2.05, 4.69) is 10.1 Å². The predicted octanol–water partition coefficient (Wildman–Crippen LogP) is 3.23. The van der Waals surface area contributed by atoms with E-state index in [4.69, 9.17) is 0 Å². The molecule has 1 aromatic rings. The number of alkyl halides is 3. The third kappa shape index (κ3) is 5.38. The number of aliphatic hydroxyl groups is 1. The first-order chi connectivity index (χ1) is 9.29. The molecule has 114 valence electrons. The van der Waals surface area contributed by atoms with E-state index in [1.165, 1.54) is 12.1 Å². The van der Waals surface area contributed by atoms with Crippen molar-refractivity contribution in [2.24, 2.45) is 0 Å². The van der Waals surface area contributed by atoms with E-state index in [-0.39, 0.29) is 12.3 Å². The number of rotatable bonds is 7. The molecule has 1 rings (SSSR count). The summed E-state index contributed by atoms with van der Waals surface area (Å²) in [5, 5.41) is 13.1. The van der Waals surface area contributed by atoms with Gasteiger partial charge in [-0.1, -0.05) is 32.0 Å². The number of hydrogen-bond donors (Lipinski definition) is 2. The zero-order valence-electron chi connectivity index (χ0n) is 11.6. The van der Waals surface area contributed by atoms with Crippen LogP contribution in [0.4, 0.5) is 13.2 Å². The Labute approximate surface area is 116 Å². The Morgan fingerprint density at radius 1 is 1.15 bits per heavy atom. The zero-order chi connectivity index (χ0) is 15.2. The lowest BCUT2D eigenvalue weighted by Gasteiger charge is -2.25. The van der Waals surface area contributed by atoms with Crippen LogP contribution in [0, 0.1) is 0 Å². The van der Waals surface area contributed by atoms with Crippen LogP contribution in [0.1, 0.15) is 32.3 Å². The maximum absolute atomic E-state index is 12.3. The lowest BCUT2D eigenvalue weighted by Crippen LogP contribution is -2.39. The Morgan fingerprint density at radius 2 is 1.75 bits per heavy atom. The van der Waals surface area contributed by atoms with Crippen LogP contribution >= 0.6 is 0 Å². The van der Waals surface area contributed by atoms with Crippen molar-refractivity contribution < 1.29 is 23.0 Å². The van der Waals surface area contributed by atoms with Crippen LogP contribution in [0.3, 0.4) is 0 Å². The highest BCUT2D eigenvalue weighted by atomic mass is 19.4. The number of nitrogens with one attached hydrogen (secondary N) is 1. The molecule has 20 heavy (non-hydrogen) atoms. The molecule has 0 saturated heterocycles. The van der Waals surface area contributed by atoms with Crippen molar-refractivity contribution >= 4 is 0 Å². The summed E-state index contributed by atoms with van der Waals surface area (Å²) in [4.78, 5) is 0. The number of benzene rings is 1. The van der Waals surface area contributed by atoms with E-state index < -0.39 is 12.0 Å². The molecule has 0 heterocycles. The molecule has 6 heteroatoms. The minimum Gasteiger partial charge on any atom is -0.405 e. The topological polar surface area (TPSA) is 41.5 Å². The van der Waals surface area contributed by atoms with Crippen molar-refractivity contribution in [2.45, 2.75) is 45.2 Å². The molecule has 0 atom stereocenters. The van der Waals surface area contributed by atoms with Crippen LogP contribution in [0.25, 0.3) is 0 Å². The van der Waals surface area contributed by atoms with Gasteiger partial charge >= 0.3 is 6.36 Å². The van der Waals surface area contributed by atoms with Gasteiger partial charge in [0.15, 0.2) is 0 Å². The van der Waals surface area contributed by atoms with Gasteiger partial charge in [0.1, 0.15) is 5.75 Å². The first-order valence-electron chi connectivity index (χ1n) is 6.56. The molecule has 0 radical (unpaired) electrons. The molecule has 0 unspecified atom stereocenters. The number of halogens is 3. The van der Waals surface area contributed by atoms with Crippen molar-refractivity contribution in [2.75, 3.05) is 6.54 Å². The molecule has 0 aliphatic heterocycles. The number of hydrogen-bond acceptors (Lipinski definition) is 3. The summed E-state index contributed by atoms with van der Waals surface area (Å²) < 4.78 is 40.7. The molecule has 0 aromatic heterocycles. The van der Waals surface area contributed by atoms with Crippen LogP contribution in [0.5, 0.6) is 5.75 Å². The van der Waals surface area contributed by atoms with Gasteiger partial charge in [-0.3, -0.25) is 0 Å². The smallest absolute Gasteiger partial charge is 0.405 e. The predicted molar refractivity (Wildman–Crippen MR) is 70.4 cm³/mol. The van der Waals surface area contributed by atoms with E-state index in [0.29, 0.717) is 24.9 Å². The lowest BCUT2D eigenvalue weighted by molar-refractivity contribution is -0.274. The van der Waals surface area contributed by atoms with E-state index in [0.717, 1.165) is 0 Å². The quantitative estimate of drug-likeness (QED) is 0.810. The fourth-order valence-corrected chi connectivity index (χ4v) is 1.80. The minimum atomic E-state index is -4.70. The van der Waals surface area contributed by atoms with Crippen LogP contribution in [0.15, 0.2) is 24.3 Å². The minimum absolute atomic E-state index is 0.203. The molecule has 0 bridgehead atoms. The Hall–Kier alpha value is -1.27. The molecule has 0 amide bonds. The van der Waals surface area contributed by atoms with Crippen molar-refractivity contribution in [3.63, 3.8) is 0 Å².